The van der Waals surface area contributed by atoms with Crippen molar-refractivity contribution in [1.82, 2.24) is 14.5 Å². The first-order chi connectivity index (χ1) is 8.81. The zero-order valence-electron chi connectivity index (χ0n) is 10.4. The van der Waals surface area contributed by atoms with Crippen LogP contribution in [0.1, 0.15) is 19.8 Å². The van der Waals surface area contributed by atoms with Crippen molar-refractivity contribution >= 4 is 27.8 Å². The normalized spacial score (nSPS) is 11.4. The SMILES string of the molecule is CCCCn1cnc2c(N)nc3ccccc3c21. The Morgan fingerprint density at radius 2 is 2.11 bits per heavy atom. The lowest BCUT2D eigenvalue weighted by Crippen LogP contribution is -1.98. The predicted octanol–water partition coefficient (Wildman–Crippen LogP) is 2.97. The second-order valence-electron chi connectivity index (χ2n) is 4.50. The zero-order chi connectivity index (χ0) is 12.5. The standard InChI is InChI=1S/C14H16N4/c1-2-3-8-18-9-16-12-13(18)10-6-4-5-7-11(10)17-14(12)15/h4-7,9H,2-3,8H2,1H3,(H2,15,17). The van der Waals surface area contributed by atoms with Gasteiger partial charge in [0.15, 0.2) is 5.82 Å². The highest BCUT2D eigenvalue weighted by Gasteiger charge is 2.11. The van der Waals surface area contributed by atoms with Gasteiger partial charge >= 0.3 is 0 Å². The summed E-state index contributed by atoms with van der Waals surface area (Å²) in [6.07, 6.45) is 4.17. The number of unbranched alkanes of at least 4 members (excludes halogenated alkanes) is 1. The van der Waals surface area contributed by atoms with Crippen molar-refractivity contribution < 1.29 is 0 Å². The molecule has 2 aromatic heterocycles. The number of aryl methyl sites for hydroxylation is 1. The Morgan fingerprint density at radius 3 is 2.94 bits per heavy atom. The molecule has 1 aromatic carbocycles. The van der Waals surface area contributed by atoms with E-state index in [-0.39, 0.29) is 0 Å². The van der Waals surface area contributed by atoms with Crippen LogP contribution in [0.5, 0.6) is 0 Å². The minimum Gasteiger partial charge on any atom is -0.382 e. The van der Waals surface area contributed by atoms with E-state index in [0.29, 0.717) is 5.82 Å². The van der Waals surface area contributed by atoms with Gasteiger partial charge in [-0.05, 0) is 12.5 Å². The second kappa shape index (κ2) is 4.29. The van der Waals surface area contributed by atoms with E-state index < -0.39 is 0 Å². The Bertz CT molecular complexity index is 699. The van der Waals surface area contributed by atoms with Crippen LogP contribution < -0.4 is 5.73 Å². The van der Waals surface area contributed by atoms with E-state index in [1.54, 1.807) is 0 Å². The van der Waals surface area contributed by atoms with Crippen molar-refractivity contribution in [3.05, 3.63) is 30.6 Å². The third-order valence-corrected chi connectivity index (χ3v) is 3.23. The molecule has 0 unspecified atom stereocenters. The summed E-state index contributed by atoms with van der Waals surface area (Å²) in [7, 11) is 0. The Labute approximate surface area is 105 Å². The molecule has 0 atom stereocenters. The smallest absolute Gasteiger partial charge is 0.152 e. The molecule has 2 N–H and O–H groups in total. The summed E-state index contributed by atoms with van der Waals surface area (Å²) in [6, 6.07) is 8.07. The van der Waals surface area contributed by atoms with Crippen molar-refractivity contribution in [3.63, 3.8) is 0 Å². The van der Waals surface area contributed by atoms with Crippen LogP contribution in [0.4, 0.5) is 5.82 Å². The molecule has 3 aromatic rings. The quantitative estimate of drug-likeness (QED) is 0.765. The van der Waals surface area contributed by atoms with Gasteiger partial charge in [-0.25, -0.2) is 9.97 Å². The first kappa shape index (κ1) is 11.0. The number of fused-ring (bicyclic) bond motifs is 3. The maximum absolute atomic E-state index is 5.98. The summed E-state index contributed by atoms with van der Waals surface area (Å²) in [5.74, 6) is 0.513. The summed E-state index contributed by atoms with van der Waals surface area (Å²) >= 11 is 0. The lowest BCUT2D eigenvalue weighted by molar-refractivity contribution is 0.646. The molecule has 0 saturated carbocycles. The number of imidazole rings is 1. The Balaban J connectivity index is 2.33. The fourth-order valence-corrected chi connectivity index (χ4v) is 2.30. The number of pyridine rings is 1. The number of rotatable bonds is 3. The monoisotopic (exact) mass is 240 g/mol. The largest absolute Gasteiger partial charge is 0.382 e. The third-order valence-electron chi connectivity index (χ3n) is 3.23. The fourth-order valence-electron chi connectivity index (χ4n) is 2.30. The molecule has 0 radical (unpaired) electrons. The molecule has 0 aliphatic rings. The van der Waals surface area contributed by atoms with Crippen LogP contribution in [-0.2, 0) is 6.54 Å². The Hall–Kier alpha value is -2.10. The van der Waals surface area contributed by atoms with Crippen LogP contribution in [0.25, 0.3) is 21.9 Å². The van der Waals surface area contributed by atoms with Crippen molar-refractivity contribution in [2.75, 3.05) is 5.73 Å². The minimum absolute atomic E-state index is 0.513. The van der Waals surface area contributed by atoms with Gasteiger partial charge in [0.25, 0.3) is 0 Å². The highest BCUT2D eigenvalue weighted by molar-refractivity contribution is 6.06. The second-order valence-corrected chi connectivity index (χ2v) is 4.50. The number of hydrogen-bond acceptors (Lipinski definition) is 3. The van der Waals surface area contributed by atoms with E-state index in [1.165, 1.54) is 0 Å². The Kier molecular flexibility index (Phi) is 2.63. The molecule has 0 amide bonds. The summed E-state index contributed by atoms with van der Waals surface area (Å²) < 4.78 is 2.18. The van der Waals surface area contributed by atoms with Crippen molar-refractivity contribution in [1.29, 1.82) is 0 Å². The van der Waals surface area contributed by atoms with Crippen molar-refractivity contribution in [2.24, 2.45) is 0 Å². The molecular weight excluding hydrogens is 224 g/mol. The van der Waals surface area contributed by atoms with Gasteiger partial charge in [-0.1, -0.05) is 31.5 Å². The number of nitrogens with zero attached hydrogens (tertiary/aromatic N) is 3. The van der Waals surface area contributed by atoms with Gasteiger partial charge in [0.1, 0.15) is 5.52 Å². The molecule has 18 heavy (non-hydrogen) atoms. The van der Waals surface area contributed by atoms with Crippen LogP contribution in [0.2, 0.25) is 0 Å². The molecule has 0 bridgehead atoms. The molecule has 0 fully saturated rings. The molecule has 0 spiro atoms. The number of benzene rings is 1. The highest BCUT2D eigenvalue weighted by Crippen LogP contribution is 2.26. The lowest BCUT2D eigenvalue weighted by Gasteiger charge is -2.06. The first-order valence-electron chi connectivity index (χ1n) is 6.30. The van der Waals surface area contributed by atoms with E-state index in [4.69, 9.17) is 5.73 Å². The maximum atomic E-state index is 5.98. The van der Waals surface area contributed by atoms with Gasteiger partial charge in [-0.15, -0.1) is 0 Å². The molecule has 2 heterocycles. The lowest BCUT2D eigenvalue weighted by atomic mass is 10.2. The third kappa shape index (κ3) is 1.61. The average Bonchev–Trinajstić information content (AvgIpc) is 2.81. The molecule has 92 valence electrons. The maximum Gasteiger partial charge on any atom is 0.152 e. The van der Waals surface area contributed by atoms with Gasteiger partial charge < -0.3 is 10.3 Å². The summed E-state index contributed by atoms with van der Waals surface area (Å²) in [4.78, 5) is 8.80. The van der Waals surface area contributed by atoms with Crippen LogP contribution in [-0.4, -0.2) is 14.5 Å². The van der Waals surface area contributed by atoms with Crippen LogP contribution in [0, 0.1) is 0 Å². The fraction of sp³-hybridized carbons (Fsp3) is 0.286. The molecular formula is C14H16N4. The Morgan fingerprint density at radius 1 is 1.28 bits per heavy atom. The minimum atomic E-state index is 0.513. The summed E-state index contributed by atoms with van der Waals surface area (Å²) in [6.45, 7) is 3.16. The predicted molar refractivity (Wildman–Crippen MR) is 74.4 cm³/mol. The average molecular weight is 240 g/mol. The van der Waals surface area contributed by atoms with Gasteiger partial charge in [-0.3, -0.25) is 0 Å². The van der Waals surface area contributed by atoms with Gasteiger partial charge in [-0.2, -0.15) is 0 Å². The van der Waals surface area contributed by atoms with E-state index >= 15 is 0 Å². The van der Waals surface area contributed by atoms with Crippen LogP contribution in [0.3, 0.4) is 0 Å². The van der Waals surface area contributed by atoms with Crippen molar-refractivity contribution in [3.8, 4) is 0 Å². The number of hydrogen-bond donors (Lipinski definition) is 1. The number of nitrogens with two attached hydrogens (primary N) is 1. The number of anilines is 1. The molecule has 3 rings (SSSR count). The van der Waals surface area contributed by atoms with Crippen molar-refractivity contribution in [2.45, 2.75) is 26.3 Å². The van der Waals surface area contributed by atoms with Crippen LogP contribution in [0.15, 0.2) is 30.6 Å². The van der Waals surface area contributed by atoms with Gasteiger partial charge in [0, 0.05) is 11.9 Å². The molecule has 0 saturated heterocycles. The van der Waals surface area contributed by atoms with Gasteiger partial charge in [0.2, 0.25) is 0 Å². The molecule has 0 aliphatic heterocycles. The van der Waals surface area contributed by atoms with Crippen LogP contribution >= 0.6 is 0 Å². The zero-order valence-corrected chi connectivity index (χ0v) is 10.4. The molecule has 4 nitrogen and oxygen atoms in total. The van der Waals surface area contributed by atoms with E-state index in [2.05, 4.69) is 27.5 Å². The molecule has 4 heteroatoms. The summed E-state index contributed by atoms with van der Waals surface area (Å²) in [5, 5.41) is 1.12. The highest BCUT2D eigenvalue weighted by atomic mass is 15.1. The van der Waals surface area contributed by atoms with E-state index in [9.17, 15) is 0 Å². The first-order valence-corrected chi connectivity index (χ1v) is 6.30. The number of aromatic nitrogens is 3. The van der Waals surface area contributed by atoms with E-state index in [1.807, 2.05) is 24.5 Å². The summed E-state index contributed by atoms with van der Waals surface area (Å²) in [5.41, 5.74) is 8.82. The van der Waals surface area contributed by atoms with E-state index in [0.717, 1.165) is 41.3 Å². The molecule has 0 aliphatic carbocycles. The topological polar surface area (TPSA) is 56.7 Å². The number of para-hydroxylation sites is 1. The number of nitrogen functional groups attached to an aromatic ring is 1. The van der Waals surface area contributed by atoms with Gasteiger partial charge in [0.05, 0.1) is 17.4 Å².